The van der Waals surface area contributed by atoms with Crippen LogP contribution in [0, 0.1) is 5.82 Å². The van der Waals surface area contributed by atoms with E-state index in [1.165, 1.54) is 6.07 Å². The Kier molecular flexibility index (Phi) is 5.87. The second-order valence-electron chi connectivity index (χ2n) is 5.17. The van der Waals surface area contributed by atoms with E-state index >= 15 is 0 Å². The molecule has 1 aliphatic heterocycles. The van der Waals surface area contributed by atoms with Gasteiger partial charge in [-0.25, -0.2) is 9.38 Å². The highest BCUT2D eigenvalue weighted by Gasteiger charge is 2.31. The number of hydrogen-bond acceptors (Lipinski definition) is 3. The average molecular weight is 311 g/mol. The number of nitrogens with zero attached hydrogens (tertiary/aromatic N) is 1. The zero-order valence-electron chi connectivity index (χ0n) is 12.2. The van der Waals surface area contributed by atoms with Crippen LogP contribution < -0.4 is 10.6 Å². The molecule has 0 aromatic heterocycles. The van der Waals surface area contributed by atoms with E-state index in [-0.39, 0.29) is 12.4 Å². The van der Waals surface area contributed by atoms with Gasteiger partial charge < -0.3 is 15.7 Å². The Morgan fingerprint density at radius 2 is 2.24 bits per heavy atom. The van der Waals surface area contributed by atoms with E-state index in [0.717, 1.165) is 24.5 Å². The summed E-state index contributed by atoms with van der Waals surface area (Å²) in [6, 6.07) is 6.62. The Morgan fingerprint density at radius 1 is 1.43 bits per heavy atom. The van der Waals surface area contributed by atoms with E-state index in [0.29, 0.717) is 18.1 Å². The molecule has 2 rings (SSSR count). The second kappa shape index (κ2) is 7.66. The molecule has 1 heterocycles. The second-order valence-corrected chi connectivity index (χ2v) is 6.27. The molecule has 1 aromatic carbocycles. The Bertz CT molecular complexity index is 490. The first kappa shape index (κ1) is 16.1. The van der Waals surface area contributed by atoms with E-state index in [2.05, 4.69) is 15.6 Å². The van der Waals surface area contributed by atoms with E-state index in [1.807, 2.05) is 6.92 Å². The van der Waals surface area contributed by atoms with Gasteiger partial charge in [-0.2, -0.15) is 11.8 Å². The largest absolute Gasteiger partial charge is 0.387 e. The molecule has 0 aliphatic carbocycles. The average Bonchev–Trinajstić information content (AvgIpc) is 2.91. The van der Waals surface area contributed by atoms with Crippen molar-refractivity contribution in [3.8, 4) is 0 Å². The van der Waals surface area contributed by atoms with Crippen LogP contribution in [0.5, 0.6) is 0 Å². The highest BCUT2D eigenvalue weighted by molar-refractivity contribution is 7.99. The van der Waals surface area contributed by atoms with Crippen LogP contribution in [0.15, 0.2) is 29.3 Å². The number of halogens is 1. The number of aliphatic imine (C=N–C) groups is 1. The maximum Gasteiger partial charge on any atom is 0.191 e. The van der Waals surface area contributed by atoms with Crippen LogP contribution in [0.2, 0.25) is 0 Å². The minimum Gasteiger partial charge on any atom is -0.387 e. The van der Waals surface area contributed by atoms with Crippen LogP contribution in [-0.2, 0) is 6.54 Å². The molecule has 0 spiro atoms. The Labute approximate surface area is 129 Å². The van der Waals surface area contributed by atoms with Crippen molar-refractivity contribution in [2.24, 2.45) is 4.99 Å². The topological polar surface area (TPSA) is 56.7 Å². The van der Waals surface area contributed by atoms with Crippen molar-refractivity contribution in [2.45, 2.75) is 25.5 Å². The molecule has 116 valence electrons. The molecule has 6 heteroatoms. The van der Waals surface area contributed by atoms with Crippen LogP contribution in [0.4, 0.5) is 4.39 Å². The quantitative estimate of drug-likeness (QED) is 0.573. The number of benzene rings is 1. The van der Waals surface area contributed by atoms with E-state index < -0.39 is 5.60 Å². The van der Waals surface area contributed by atoms with E-state index in [4.69, 9.17) is 0 Å². The van der Waals surface area contributed by atoms with Crippen LogP contribution in [0.1, 0.15) is 18.9 Å². The molecular weight excluding hydrogens is 289 g/mol. The molecule has 3 N–H and O–H groups in total. The lowest BCUT2D eigenvalue weighted by molar-refractivity contribution is 0.0724. The SMILES string of the molecule is CCNC(=NCc1ccccc1F)NCC1(O)CCSC1. The summed E-state index contributed by atoms with van der Waals surface area (Å²) in [4.78, 5) is 4.37. The third kappa shape index (κ3) is 4.89. The molecule has 1 aliphatic rings. The van der Waals surface area contributed by atoms with Gasteiger partial charge in [-0.05, 0) is 25.2 Å². The van der Waals surface area contributed by atoms with Crippen molar-refractivity contribution in [2.75, 3.05) is 24.6 Å². The Hall–Kier alpha value is -1.27. The lowest BCUT2D eigenvalue weighted by Crippen LogP contribution is -2.47. The molecule has 0 radical (unpaired) electrons. The first-order valence-electron chi connectivity index (χ1n) is 7.19. The summed E-state index contributed by atoms with van der Waals surface area (Å²) in [5.41, 5.74) is -0.108. The van der Waals surface area contributed by atoms with Crippen molar-refractivity contribution in [3.63, 3.8) is 0 Å². The molecule has 21 heavy (non-hydrogen) atoms. The van der Waals surface area contributed by atoms with Gasteiger partial charge in [-0.15, -0.1) is 0 Å². The molecule has 0 bridgehead atoms. The number of thioether (sulfide) groups is 1. The molecule has 0 saturated carbocycles. The maximum absolute atomic E-state index is 13.6. The van der Waals surface area contributed by atoms with Crippen LogP contribution in [0.3, 0.4) is 0 Å². The number of rotatable bonds is 5. The zero-order chi connectivity index (χ0) is 15.1. The van der Waals surface area contributed by atoms with Crippen LogP contribution in [0.25, 0.3) is 0 Å². The summed E-state index contributed by atoms with van der Waals surface area (Å²) >= 11 is 1.76. The number of aliphatic hydroxyl groups is 1. The summed E-state index contributed by atoms with van der Waals surface area (Å²) in [6.45, 7) is 3.43. The first-order valence-corrected chi connectivity index (χ1v) is 8.34. The summed E-state index contributed by atoms with van der Waals surface area (Å²) in [7, 11) is 0. The molecule has 1 saturated heterocycles. The van der Waals surface area contributed by atoms with Gasteiger partial charge in [0.05, 0.1) is 12.1 Å². The van der Waals surface area contributed by atoms with Crippen molar-refractivity contribution in [1.82, 2.24) is 10.6 Å². The smallest absolute Gasteiger partial charge is 0.191 e. The van der Waals surface area contributed by atoms with Gasteiger partial charge in [0.15, 0.2) is 5.96 Å². The molecule has 1 unspecified atom stereocenters. The maximum atomic E-state index is 13.6. The standard InChI is InChI=1S/C15H22FN3OS/c1-2-17-14(19-10-15(20)7-8-21-11-15)18-9-12-5-3-4-6-13(12)16/h3-6,20H,2,7-11H2,1H3,(H2,17,18,19). The molecule has 1 atom stereocenters. The zero-order valence-corrected chi connectivity index (χ0v) is 13.0. The van der Waals surface area contributed by atoms with Gasteiger partial charge in [0.1, 0.15) is 5.82 Å². The summed E-state index contributed by atoms with van der Waals surface area (Å²) < 4.78 is 13.6. The lowest BCUT2D eigenvalue weighted by Gasteiger charge is -2.23. The van der Waals surface area contributed by atoms with Crippen molar-refractivity contribution < 1.29 is 9.50 Å². The van der Waals surface area contributed by atoms with Gasteiger partial charge in [0, 0.05) is 24.4 Å². The predicted octanol–water partition coefficient (Wildman–Crippen LogP) is 1.75. The van der Waals surface area contributed by atoms with Crippen LogP contribution >= 0.6 is 11.8 Å². The van der Waals surface area contributed by atoms with Crippen molar-refractivity contribution in [3.05, 3.63) is 35.6 Å². The fourth-order valence-corrected chi connectivity index (χ4v) is 3.41. The van der Waals surface area contributed by atoms with Gasteiger partial charge in [0.2, 0.25) is 0 Å². The Morgan fingerprint density at radius 3 is 2.90 bits per heavy atom. The third-order valence-corrected chi connectivity index (χ3v) is 4.61. The fraction of sp³-hybridized carbons (Fsp3) is 0.533. The van der Waals surface area contributed by atoms with Gasteiger partial charge in [-0.3, -0.25) is 0 Å². The molecular formula is C15H22FN3OS. The molecule has 1 aromatic rings. The number of guanidine groups is 1. The van der Waals surface area contributed by atoms with Crippen molar-refractivity contribution >= 4 is 17.7 Å². The van der Waals surface area contributed by atoms with Gasteiger partial charge in [0.25, 0.3) is 0 Å². The highest BCUT2D eigenvalue weighted by Crippen LogP contribution is 2.26. The minimum absolute atomic E-state index is 0.247. The first-order chi connectivity index (χ1) is 10.1. The lowest BCUT2D eigenvalue weighted by atomic mass is 10.0. The normalized spacial score (nSPS) is 22.3. The van der Waals surface area contributed by atoms with E-state index in [1.54, 1.807) is 30.0 Å². The van der Waals surface area contributed by atoms with Crippen LogP contribution in [-0.4, -0.2) is 41.3 Å². The summed E-state index contributed by atoms with van der Waals surface area (Å²) in [5, 5.41) is 16.6. The highest BCUT2D eigenvalue weighted by atomic mass is 32.2. The predicted molar refractivity (Wildman–Crippen MR) is 86.1 cm³/mol. The summed E-state index contributed by atoms with van der Waals surface area (Å²) in [6.07, 6.45) is 0.789. The van der Waals surface area contributed by atoms with Gasteiger partial charge >= 0.3 is 0 Å². The third-order valence-electron chi connectivity index (χ3n) is 3.38. The minimum atomic E-state index is -0.668. The Balaban J connectivity index is 1.94. The number of hydrogen-bond donors (Lipinski definition) is 3. The molecule has 4 nitrogen and oxygen atoms in total. The fourth-order valence-electron chi connectivity index (χ4n) is 2.12. The number of nitrogens with one attached hydrogen (secondary N) is 2. The molecule has 0 amide bonds. The van der Waals surface area contributed by atoms with E-state index in [9.17, 15) is 9.50 Å². The monoisotopic (exact) mass is 311 g/mol. The summed E-state index contributed by atoms with van der Waals surface area (Å²) in [5.74, 6) is 2.09. The van der Waals surface area contributed by atoms with Crippen molar-refractivity contribution in [1.29, 1.82) is 0 Å². The van der Waals surface area contributed by atoms with Gasteiger partial charge in [-0.1, -0.05) is 18.2 Å². The molecule has 1 fully saturated rings.